The first-order valence-electron chi connectivity index (χ1n) is 11.2. The van der Waals surface area contributed by atoms with E-state index in [2.05, 4.69) is 25.8 Å². The molecule has 0 saturated heterocycles. The molecule has 1 saturated carbocycles. The molecular weight excluding hydrogens is 403 g/mol. The summed E-state index contributed by atoms with van der Waals surface area (Å²) in [6.45, 7) is 14.0. The number of nitrogens with zero attached hydrogens (tertiary/aromatic N) is 1. The van der Waals surface area contributed by atoms with Gasteiger partial charge in [-0.2, -0.15) is 13.2 Å². The summed E-state index contributed by atoms with van der Waals surface area (Å²) in [5.41, 5.74) is -0.940. The van der Waals surface area contributed by atoms with Crippen molar-refractivity contribution in [2.75, 3.05) is 6.61 Å². The molecule has 0 radical (unpaired) electrons. The molecule has 176 valence electrons. The third kappa shape index (κ3) is 9.44. The first kappa shape index (κ1) is 27.2. The molecule has 0 amide bonds. The molecular formula is C25H38F3NO2. The van der Waals surface area contributed by atoms with E-state index in [-0.39, 0.29) is 17.0 Å². The quantitative estimate of drug-likeness (QED) is 0.394. The second-order valence-electron chi connectivity index (χ2n) is 9.22. The minimum absolute atomic E-state index is 0.134. The molecule has 6 heteroatoms. The summed E-state index contributed by atoms with van der Waals surface area (Å²) >= 11 is 0. The molecule has 1 unspecified atom stereocenters. The summed E-state index contributed by atoms with van der Waals surface area (Å²) in [5.74, 6) is 3.12. The molecule has 2 rings (SSSR count). The van der Waals surface area contributed by atoms with Crippen LogP contribution in [0.5, 0.6) is 5.75 Å². The molecule has 0 spiro atoms. The molecule has 1 aromatic rings. The van der Waals surface area contributed by atoms with E-state index in [0.29, 0.717) is 18.6 Å². The number of rotatable bonds is 8. The molecule has 0 aromatic carbocycles. The summed E-state index contributed by atoms with van der Waals surface area (Å²) in [4.78, 5) is 15.0. The molecule has 3 nitrogen and oxygen atoms in total. The Kier molecular flexibility index (Phi) is 10.7. The zero-order valence-corrected chi connectivity index (χ0v) is 20.0. The van der Waals surface area contributed by atoms with Crippen molar-refractivity contribution in [3.63, 3.8) is 0 Å². The van der Waals surface area contributed by atoms with Crippen LogP contribution in [-0.2, 0) is 4.79 Å². The van der Waals surface area contributed by atoms with E-state index < -0.39 is 17.5 Å². The Hall–Kier alpha value is -1.85. The first-order chi connectivity index (χ1) is 14.3. The molecule has 0 N–H and O–H groups in total. The van der Waals surface area contributed by atoms with Crippen LogP contribution < -0.4 is 4.74 Å². The minimum atomic E-state index is -4.63. The van der Waals surface area contributed by atoms with Crippen molar-refractivity contribution in [1.82, 2.24) is 4.98 Å². The van der Waals surface area contributed by atoms with Crippen molar-refractivity contribution < 1.29 is 22.7 Å². The highest BCUT2D eigenvalue weighted by molar-refractivity contribution is 5.96. The van der Waals surface area contributed by atoms with Crippen molar-refractivity contribution in [3.8, 4) is 5.75 Å². The number of halogens is 3. The highest BCUT2D eigenvalue weighted by atomic mass is 19.4. The monoisotopic (exact) mass is 441 g/mol. The van der Waals surface area contributed by atoms with E-state index in [1.54, 1.807) is 0 Å². The summed E-state index contributed by atoms with van der Waals surface area (Å²) in [5, 5.41) is 0. The lowest BCUT2D eigenvalue weighted by Crippen LogP contribution is -2.26. The van der Waals surface area contributed by atoms with Gasteiger partial charge in [0.05, 0.1) is 18.4 Å². The maximum absolute atomic E-state index is 13.1. The standard InChI is InChI=1S/C16H20F3NO2.C9H18/c1-10(2)5-6-22-13-8-14(12(4)20-9-13)15(7-11(3)21)16(17,18)19;1-4-8(3)9-5-7(2)6-9/h7-10H,5-6H2,1-4H3;7-9H,4-6H2,1-3H3/b15-7+;. The van der Waals surface area contributed by atoms with Crippen LogP contribution in [0.4, 0.5) is 13.2 Å². The van der Waals surface area contributed by atoms with Crippen LogP contribution in [0.25, 0.3) is 5.57 Å². The van der Waals surface area contributed by atoms with Gasteiger partial charge in [-0.3, -0.25) is 9.78 Å². The van der Waals surface area contributed by atoms with Gasteiger partial charge in [0.2, 0.25) is 0 Å². The third-order valence-electron chi connectivity index (χ3n) is 5.83. The fourth-order valence-corrected chi connectivity index (χ4v) is 3.56. The number of carbonyl (C=O) groups excluding carboxylic acids is 1. The third-order valence-corrected chi connectivity index (χ3v) is 5.83. The second-order valence-corrected chi connectivity index (χ2v) is 9.22. The van der Waals surface area contributed by atoms with E-state index in [4.69, 9.17) is 4.74 Å². The predicted octanol–water partition coefficient (Wildman–Crippen LogP) is 7.43. The average Bonchev–Trinajstić information content (AvgIpc) is 2.64. The molecule has 1 aliphatic rings. The highest BCUT2D eigenvalue weighted by Gasteiger charge is 2.36. The summed E-state index contributed by atoms with van der Waals surface area (Å²) in [6.07, 6.45) is 2.50. The van der Waals surface area contributed by atoms with Crippen LogP contribution in [0.3, 0.4) is 0 Å². The largest absolute Gasteiger partial charge is 0.492 e. The highest BCUT2D eigenvalue weighted by Crippen LogP contribution is 2.39. The molecule has 1 heterocycles. The fraction of sp³-hybridized carbons (Fsp3) is 0.680. The topological polar surface area (TPSA) is 39.2 Å². The Morgan fingerprint density at radius 1 is 1.29 bits per heavy atom. The van der Waals surface area contributed by atoms with E-state index in [0.717, 1.165) is 31.1 Å². The van der Waals surface area contributed by atoms with E-state index in [9.17, 15) is 18.0 Å². The molecule has 1 fully saturated rings. The van der Waals surface area contributed by atoms with Crippen LogP contribution in [0.2, 0.25) is 0 Å². The fourth-order valence-electron chi connectivity index (χ4n) is 3.56. The summed E-state index contributed by atoms with van der Waals surface area (Å²) in [7, 11) is 0. The Bertz CT molecular complexity index is 735. The number of allylic oxidation sites excluding steroid dienone is 2. The van der Waals surface area contributed by atoms with Crippen LogP contribution >= 0.6 is 0 Å². The maximum Gasteiger partial charge on any atom is 0.417 e. The van der Waals surface area contributed by atoms with E-state index in [1.165, 1.54) is 38.4 Å². The maximum atomic E-state index is 13.1. The van der Waals surface area contributed by atoms with Gasteiger partial charge in [0, 0.05) is 11.3 Å². The van der Waals surface area contributed by atoms with Gasteiger partial charge >= 0.3 is 6.18 Å². The molecule has 1 aromatic heterocycles. The predicted molar refractivity (Wildman–Crippen MR) is 120 cm³/mol. The van der Waals surface area contributed by atoms with Gasteiger partial charge in [0.25, 0.3) is 0 Å². The SMILES string of the molecule is CC(=O)/C=C(\c1cc(OCCC(C)C)cnc1C)C(F)(F)F.CCC(C)C1CC(C)C1. The van der Waals surface area contributed by atoms with Crippen LogP contribution in [0.1, 0.15) is 78.5 Å². The normalized spacial score (nSPS) is 19.9. The van der Waals surface area contributed by atoms with E-state index in [1.807, 2.05) is 13.8 Å². The Morgan fingerprint density at radius 3 is 2.35 bits per heavy atom. The van der Waals surface area contributed by atoms with Crippen molar-refractivity contribution in [3.05, 3.63) is 29.6 Å². The van der Waals surface area contributed by atoms with Crippen molar-refractivity contribution >= 4 is 11.4 Å². The number of carbonyl (C=O) groups is 1. The van der Waals surface area contributed by atoms with Crippen LogP contribution in [0.15, 0.2) is 18.3 Å². The number of aromatic nitrogens is 1. The summed E-state index contributed by atoms with van der Waals surface area (Å²) in [6, 6.07) is 1.28. The van der Waals surface area contributed by atoms with Crippen molar-refractivity contribution in [1.29, 1.82) is 0 Å². The second kappa shape index (κ2) is 12.3. The lowest BCUT2D eigenvalue weighted by atomic mass is 9.69. The molecule has 1 atom stereocenters. The van der Waals surface area contributed by atoms with E-state index >= 15 is 0 Å². The van der Waals surface area contributed by atoms with Crippen molar-refractivity contribution in [2.45, 2.75) is 80.3 Å². The lowest BCUT2D eigenvalue weighted by molar-refractivity contribution is -0.113. The number of ether oxygens (including phenoxy) is 1. The first-order valence-corrected chi connectivity index (χ1v) is 11.2. The number of alkyl halides is 3. The Morgan fingerprint density at radius 2 is 1.90 bits per heavy atom. The van der Waals surface area contributed by atoms with Gasteiger partial charge in [0.15, 0.2) is 5.78 Å². The minimum Gasteiger partial charge on any atom is -0.492 e. The van der Waals surface area contributed by atoms with Crippen molar-refractivity contribution in [2.24, 2.45) is 23.7 Å². The molecule has 31 heavy (non-hydrogen) atoms. The van der Waals surface area contributed by atoms with Gasteiger partial charge in [-0.1, -0.05) is 41.0 Å². The zero-order chi connectivity index (χ0) is 23.8. The average molecular weight is 442 g/mol. The van der Waals surface area contributed by atoms with Gasteiger partial charge < -0.3 is 4.74 Å². The zero-order valence-electron chi connectivity index (χ0n) is 20.0. The summed E-state index contributed by atoms with van der Waals surface area (Å²) < 4.78 is 44.9. The lowest BCUT2D eigenvalue weighted by Gasteiger charge is -2.36. The molecule has 0 aliphatic heterocycles. The number of ketones is 1. The number of hydrogen-bond acceptors (Lipinski definition) is 3. The van der Waals surface area contributed by atoms with Gasteiger partial charge in [-0.25, -0.2) is 0 Å². The number of hydrogen-bond donors (Lipinski definition) is 0. The smallest absolute Gasteiger partial charge is 0.417 e. The number of aryl methyl sites for hydroxylation is 1. The van der Waals surface area contributed by atoms with Gasteiger partial charge in [-0.05, 0) is 68.9 Å². The Balaban J connectivity index is 0.000000442. The van der Waals surface area contributed by atoms with Crippen LogP contribution in [-0.4, -0.2) is 23.6 Å². The van der Waals surface area contributed by atoms with Gasteiger partial charge in [0.1, 0.15) is 5.75 Å². The molecule has 0 bridgehead atoms. The Labute approximate surface area is 185 Å². The number of pyridine rings is 1. The molecule has 1 aliphatic carbocycles. The van der Waals surface area contributed by atoms with Crippen LogP contribution in [0, 0.1) is 30.6 Å². The van der Waals surface area contributed by atoms with Gasteiger partial charge in [-0.15, -0.1) is 0 Å².